The Morgan fingerprint density at radius 2 is 2.40 bits per heavy atom. The predicted octanol–water partition coefficient (Wildman–Crippen LogP) is -0.821. The van der Waals surface area contributed by atoms with E-state index in [-0.39, 0.29) is 19.0 Å². The summed E-state index contributed by atoms with van der Waals surface area (Å²) in [6, 6.07) is 0. The first-order chi connectivity index (χ1) is 4.29. The van der Waals surface area contributed by atoms with Gasteiger partial charge in [0.1, 0.15) is 12.9 Å². The maximum Gasteiger partial charge on any atom is 0.325 e. The van der Waals surface area contributed by atoms with Crippen molar-refractivity contribution in [1.29, 1.82) is 0 Å². The molecule has 1 aromatic rings. The van der Waals surface area contributed by atoms with E-state index in [0.29, 0.717) is 0 Å². The number of aliphatic carboxylic acids is 1. The Hall–Kier alpha value is -1.17. The second-order valence-electron chi connectivity index (χ2n) is 1.40. The highest BCUT2D eigenvalue weighted by atomic mass is 35.5. The molecular weight excluding hydrogens is 160 g/mol. The molecule has 0 saturated heterocycles. The highest BCUT2D eigenvalue weighted by Crippen LogP contribution is 1.75. The molecule has 0 aliphatic carbocycles. The first kappa shape index (κ1) is 8.83. The third kappa shape index (κ3) is 2.40. The minimum Gasteiger partial charge on any atom is -0.480 e. The van der Waals surface area contributed by atoms with Gasteiger partial charge in [0.2, 0.25) is 0 Å². The van der Waals surface area contributed by atoms with Crippen LogP contribution in [0.15, 0.2) is 6.33 Å². The van der Waals surface area contributed by atoms with Crippen LogP contribution in [0.2, 0.25) is 0 Å². The quantitative estimate of drug-likeness (QED) is 0.618. The molecule has 0 saturated carbocycles. The number of carboxylic acid groups (broad SMARTS) is 1. The highest BCUT2D eigenvalue weighted by molar-refractivity contribution is 5.85. The van der Waals surface area contributed by atoms with Crippen molar-refractivity contribution >= 4 is 18.4 Å². The monoisotopic (exact) mass is 164 g/mol. The average Bonchev–Trinajstić information content (AvgIpc) is 2.15. The zero-order valence-electron chi connectivity index (χ0n) is 4.84. The number of rotatable bonds is 2. The second kappa shape index (κ2) is 3.78. The van der Waals surface area contributed by atoms with Crippen LogP contribution in [0.4, 0.5) is 0 Å². The molecule has 6 nitrogen and oxygen atoms in total. The Bertz CT molecular complexity index is 198. The van der Waals surface area contributed by atoms with Crippen molar-refractivity contribution < 1.29 is 9.90 Å². The molecule has 1 heterocycles. The first-order valence-corrected chi connectivity index (χ1v) is 2.21. The van der Waals surface area contributed by atoms with Gasteiger partial charge in [0, 0.05) is 0 Å². The van der Waals surface area contributed by atoms with Gasteiger partial charge in [0.05, 0.1) is 0 Å². The Labute approximate surface area is 62.3 Å². The summed E-state index contributed by atoms with van der Waals surface area (Å²) in [5, 5.41) is 18.0. The number of nitrogens with zero attached hydrogens (tertiary/aromatic N) is 4. The SMILES string of the molecule is Cl.O=C(O)Cn1cnnn1. The summed E-state index contributed by atoms with van der Waals surface area (Å²) >= 11 is 0. The Morgan fingerprint density at radius 3 is 2.80 bits per heavy atom. The smallest absolute Gasteiger partial charge is 0.325 e. The highest BCUT2D eigenvalue weighted by Gasteiger charge is 1.97. The van der Waals surface area contributed by atoms with E-state index in [1.807, 2.05) is 0 Å². The topological polar surface area (TPSA) is 80.9 Å². The number of aromatic nitrogens is 4. The van der Waals surface area contributed by atoms with Crippen molar-refractivity contribution in [2.75, 3.05) is 0 Å². The summed E-state index contributed by atoms with van der Waals surface area (Å²) in [5.74, 6) is -0.956. The van der Waals surface area contributed by atoms with Gasteiger partial charge in [0.15, 0.2) is 0 Å². The lowest BCUT2D eigenvalue weighted by atomic mass is 10.7. The van der Waals surface area contributed by atoms with Crippen LogP contribution in [-0.4, -0.2) is 31.3 Å². The van der Waals surface area contributed by atoms with E-state index >= 15 is 0 Å². The number of halogens is 1. The van der Waals surface area contributed by atoms with Crippen LogP contribution in [0.25, 0.3) is 0 Å². The number of carbonyl (C=O) groups is 1. The maximum atomic E-state index is 9.95. The number of carboxylic acids is 1. The van der Waals surface area contributed by atoms with Gasteiger partial charge < -0.3 is 5.11 Å². The van der Waals surface area contributed by atoms with E-state index in [9.17, 15) is 4.79 Å². The van der Waals surface area contributed by atoms with Gasteiger partial charge in [-0.25, -0.2) is 4.68 Å². The first-order valence-electron chi connectivity index (χ1n) is 2.21. The molecule has 56 valence electrons. The lowest BCUT2D eigenvalue weighted by Gasteiger charge is -1.88. The molecule has 1 rings (SSSR count). The fourth-order valence-corrected chi connectivity index (χ4v) is 0.391. The van der Waals surface area contributed by atoms with E-state index in [2.05, 4.69) is 15.5 Å². The molecule has 0 unspecified atom stereocenters. The predicted molar refractivity (Wildman–Crippen MR) is 32.7 cm³/mol. The van der Waals surface area contributed by atoms with E-state index in [4.69, 9.17) is 5.11 Å². The molecule has 0 fully saturated rings. The average molecular weight is 165 g/mol. The van der Waals surface area contributed by atoms with E-state index in [1.54, 1.807) is 0 Å². The molecule has 7 heteroatoms. The van der Waals surface area contributed by atoms with Crippen LogP contribution in [0.3, 0.4) is 0 Å². The Morgan fingerprint density at radius 1 is 1.70 bits per heavy atom. The van der Waals surface area contributed by atoms with Crippen molar-refractivity contribution in [3.63, 3.8) is 0 Å². The lowest BCUT2D eigenvalue weighted by Crippen LogP contribution is -2.08. The Balaban J connectivity index is 0.000000810. The van der Waals surface area contributed by atoms with Gasteiger partial charge in [-0.1, -0.05) is 0 Å². The normalized spacial score (nSPS) is 8.40. The minimum atomic E-state index is -0.956. The van der Waals surface area contributed by atoms with Crippen molar-refractivity contribution in [3.8, 4) is 0 Å². The second-order valence-corrected chi connectivity index (χ2v) is 1.40. The van der Waals surface area contributed by atoms with Crippen LogP contribution in [0, 0.1) is 0 Å². The molecule has 0 amide bonds. The molecule has 0 aliphatic heterocycles. The summed E-state index contributed by atoms with van der Waals surface area (Å²) in [5.41, 5.74) is 0. The molecule has 0 radical (unpaired) electrons. The molecular formula is C3H5ClN4O2. The van der Waals surface area contributed by atoms with E-state index in [0.717, 1.165) is 4.68 Å². The molecule has 0 spiro atoms. The molecule has 10 heavy (non-hydrogen) atoms. The maximum absolute atomic E-state index is 9.95. The van der Waals surface area contributed by atoms with Crippen LogP contribution in [-0.2, 0) is 11.3 Å². The summed E-state index contributed by atoms with van der Waals surface area (Å²) in [4.78, 5) is 9.95. The fraction of sp³-hybridized carbons (Fsp3) is 0.333. The van der Waals surface area contributed by atoms with Gasteiger partial charge in [-0.3, -0.25) is 4.79 Å². The van der Waals surface area contributed by atoms with Gasteiger partial charge in [0.25, 0.3) is 0 Å². The van der Waals surface area contributed by atoms with E-state index < -0.39 is 5.97 Å². The van der Waals surface area contributed by atoms with Gasteiger partial charge in [-0.15, -0.1) is 17.5 Å². The minimum absolute atomic E-state index is 0. The van der Waals surface area contributed by atoms with Crippen molar-refractivity contribution in [2.45, 2.75) is 6.54 Å². The number of hydrogen-bond donors (Lipinski definition) is 1. The largest absolute Gasteiger partial charge is 0.480 e. The van der Waals surface area contributed by atoms with Gasteiger partial charge in [-0.05, 0) is 10.4 Å². The van der Waals surface area contributed by atoms with Crippen molar-refractivity contribution in [2.24, 2.45) is 0 Å². The summed E-state index contributed by atoms with van der Waals surface area (Å²) < 4.78 is 1.13. The van der Waals surface area contributed by atoms with Crippen LogP contribution in [0.1, 0.15) is 0 Å². The Kier molecular flexibility index (Phi) is 3.34. The summed E-state index contributed by atoms with van der Waals surface area (Å²) in [6.45, 7) is -0.188. The standard InChI is InChI=1S/C3H4N4O2.ClH/c8-3(9)1-7-2-4-5-6-7;/h2H,1H2,(H,8,9);1H. The van der Waals surface area contributed by atoms with Crippen LogP contribution >= 0.6 is 12.4 Å². The van der Waals surface area contributed by atoms with Crippen molar-refractivity contribution in [1.82, 2.24) is 20.2 Å². The third-order valence-corrected chi connectivity index (χ3v) is 0.689. The lowest BCUT2D eigenvalue weighted by molar-refractivity contribution is -0.137. The molecule has 0 atom stereocenters. The molecule has 0 bridgehead atoms. The third-order valence-electron chi connectivity index (χ3n) is 0.689. The summed E-state index contributed by atoms with van der Waals surface area (Å²) in [6.07, 6.45) is 1.24. The fourth-order valence-electron chi connectivity index (χ4n) is 0.391. The number of tetrazole rings is 1. The molecule has 0 aromatic carbocycles. The van der Waals surface area contributed by atoms with Crippen molar-refractivity contribution in [3.05, 3.63) is 6.33 Å². The van der Waals surface area contributed by atoms with Crippen LogP contribution in [0.5, 0.6) is 0 Å². The summed E-state index contributed by atoms with van der Waals surface area (Å²) in [7, 11) is 0. The molecule has 1 N–H and O–H groups in total. The zero-order valence-corrected chi connectivity index (χ0v) is 5.65. The van der Waals surface area contributed by atoms with E-state index in [1.165, 1.54) is 6.33 Å². The number of hydrogen-bond acceptors (Lipinski definition) is 4. The van der Waals surface area contributed by atoms with Gasteiger partial charge >= 0.3 is 5.97 Å². The van der Waals surface area contributed by atoms with Gasteiger partial charge in [-0.2, -0.15) is 0 Å². The van der Waals surface area contributed by atoms with Crippen LogP contribution < -0.4 is 0 Å². The molecule has 1 aromatic heterocycles. The molecule has 0 aliphatic rings. The zero-order chi connectivity index (χ0) is 6.69.